The van der Waals surface area contributed by atoms with Crippen molar-refractivity contribution in [3.8, 4) is 11.6 Å². The summed E-state index contributed by atoms with van der Waals surface area (Å²) in [7, 11) is 0. The molecule has 1 heterocycles. The van der Waals surface area contributed by atoms with Gasteiger partial charge in [0.2, 0.25) is 5.88 Å². The molecule has 3 aromatic rings. The molecule has 0 amide bonds. The summed E-state index contributed by atoms with van der Waals surface area (Å²) in [5.41, 5.74) is 12.5. The van der Waals surface area contributed by atoms with Gasteiger partial charge in [0.25, 0.3) is 0 Å². The zero-order chi connectivity index (χ0) is 18.8. The average Bonchev–Trinajstić information content (AvgIpc) is 2.85. The van der Waals surface area contributed by atoms with E-state index in [1.165, 1.54) is 6.21 Å². The standard InChI is InChI=1S/C19H19FN4OS/c1-11-5-12(2)7-14(6-11)24-17-8-13(9-20)3-4-15(17)16(18(24)25)10-22-23-19(21)26/h3-8,10,25H,9H2,1-2H3,(H3,21,23,26). The average molecular weight is 370 g/mol. The van der Waals surface area contributed by atoms with Crippen LogP contribution in [0.4, 0.5) is 4.39 Å². The molecule has 2 aromatic carbocycles. The highest BCUT2D eigenvalue weighted by molar-refractivity contribution is 7.80. The van der Waals surface area contributed by atoms with Gasteiger partial charge >= 0.3 is 0 Å². The van der Waals surface area contributed by atoms with Gasteiger partial charge in [0.15, 0.2) is 5.11 Å². The molecule has 0 aliphatic rings. The Kier molecular flexibility index (Phi) is 4.90. The summed E-state index contributed by atoms with van der Waals surface area (Å²) in [6, 6.07) is 11.2. The SMILES string of the molecule is Cc1cc(C)cc(-n2c(O)c(C=NNC(N)=S)c3ccc(CF)cc32)c1. The fourth-order valence-corrected chi connectivity index (χ4v) is 3.11. The van der Waals surface area contributed by atoms with E-state index >= 15 is 0 Å². The number of fused-ring (bicyclic) bond motifs is 1. The summed E-state index contributed by atoms with van der Waals surface area (Å²) in [5.74, 6) is 0.00879. The third kappa shape index (κ3) is 3.39. The molecule has 0 spiro atoms. The number of aryl methyl sites for hydroxylation is 2. The van der Waals surface area contributed by atoms with Gasteiger partial charge in [-0.15, -0.1) is 0 Å². The third-order valence-electron chi connectivity index (χ3n) is 4.03. The summed E-state index contributed by atoms with van der Waals surface area (Å²) < 4.78 is 14.9. The molecule has 0 aliphatic heterocycles. The van der Waals surface area contributed by atoms with Crippen molar-refractivity contribution in [2.75, 3.05) is 0 Å². The van der Waals surface area contributed by atoms with Gasteiger partial charge in [0.05, 0.1) is 17.3 Å². The summed E-state index contributed by atoms with van der Waals surface area (Å²) in [5, 5.41) is 15.6. The van der Waals surface area contributed by atoms with Crippen LogP contribution < -0.4 is 11.2 Å². The minimum atomic E-state index is -0.582. The first-order valence-corrected chi connectivity index (χ1v) is 8.41. The number of hydrazone groups is 1. The molecule has 0 unspecified atom stereocenters. The lowest BCUT2D eigenvalue weighted by Gasteiger charge is -2.10. The molecular formula is C19H19FN4OS. The molecule has 0 aliphatic carbocycles. The van der Waals surface area contributed by atoms with Gasteiger partial charge in [-0.1, -0.05) is 18.2 Å². The van der Waals surface area contributed by atoms with Gasteiger partial charge in [0.1, 0.15) is 6.67 Å². The number of halogens is 1. The van der Waals surface area contributed by atoms with Crippen molar-refractivity contribution in [2.24, 2.45) is 10.8 Å². The van der Waals surface area contributed by atoms with Crippen LogP contribution in [0.3, 0.4) is 0 Å². The topological polar surface area (TPSA) is 75.6 Å². The highest BCUT2D eigenvalue weighted by Crippen LogP contribution is 2.34. The maximum Gasteiger partial charge on any atom is 0.205 e. The molecule has 5 nitrogen and oxygen atoms in total. The molecule has 0 atom stereocenters. The number of aromatic nitrogens is 1. The fraction of sp³-hybridized carbons (Fsp3) is 0.158. The Morgan fingerprint density at radius 1 is 1.27 bits per heavy atom. The van der Waals surface area contributed by atoms with Gasteiger partial charge in [-0.05, 0) is 61.0 Å². The molecule has 26 heavy (non-hydrogen) atoms. The molecule has 4 N–H and O–H groups in total. The van der Waals surface area contributed by atoms with E-state index in [1.807, 2.05) is 32.0 Å². The molecule has 1 aromatic heterocycles. The van der Waals surface area contributed by atoms with E-state index in [0.29, 0.717) is 16.6 Å². The van der Waals surface area contributed by atoms with E-state index in [2.05, 4.69) is 10.5 Å². The lowest BCUT2D eigenvalue weighted by atomic mass is 10.1. The molecule has 0 fully saturated rings. The van der Waals surface area contributed by atoms with E-state index < -0.39 is 6.67 Å². The van der Waals surface area contributed by atoms with Crippen molar-refractivity contribution in [2.45, 2.75) is 20.5 Å². The summed E-state index contributed by atoms with van der Waals surface area (Å²) in [6.45, 7) is 3.39. The molecule has 134 valence electrons. The molecular weight excluding hydrogens is 351 g/mol. The quantitative estimate of drug-likeness (QED) is 0.373. The van der Waals surface area contributed by atoms with Crippen LogP contribution in [-0.2, 0) is 6.67 Å². The number of hydrogen-bond donors (Lipinski definition) is 3. The Morgan fingerprint density at radius 2 is 1.96 bits per heavy atom. The largest absolute Gasteiger partial charge is 0.494 e. The van der Waals surface area contributed by atoms with Gasteiger partial charge in [0, 0.05) is 11.1 Å². The van der Waals surface area contributed by atoms with Crippen LogP contribution in [0.5, 0.6) is 5.88 Å². The number of aromatic hydroxyl groups is 1. The lowest BCUT2D eigenvalue weighted by molar-refractivity contribution is 0.444. The number of benzene rings is 2. The second kappa shape index (κ2) is 7.13. The van der Waals surface area contributed by atoms with Crippen LogP contribution >= 0.6 is 12.2 Å². The zero-order valence-electron chi connectivity index (χ0n) is 14.5. The number of hydrogen-bond acceptors (Lipinski definition) is 3. The maximum absolute atomic E-state index is 13.2. The second-order valence-corrected chi connectivity index (χ2v) is 6.58. The highest BCUT2D eigenvalue weighted by atomic mass is 32.1. The zero-order valence-corrected chi connectivity index (χ0v) is 15.3. The number of alkyl halides is 1. The van der Waals surface area contributed by atoms with Gasteiger partial charge in [-0.25, -0.2) is 4.39 Å². The van der Waals surface area contributed by atoms with E-state index in [0.717, 1.165) is 22.2 Å². The van der Waals surface area contributed by atoms with Gasteiger partial charge in [-0.3, -0.25) is 9.99 Å². The molecule has 0 radical (unpaired) electrons. The Balaban J connectivity index is 2.28. The Bertz CT molecular complexity index is 1010. The van der Waals surface area contributed by atoms with Gasteiger partial charge < -0.3 is 10.8 Å². The smallest absolute Gasteiger partial charge is 0.205 e. The van der Waals surface area contributed by atoms with Crippen LogP contribution in [0.2, 0.25) is 0 Å². The predicted octanol–water partition coefficient (Wildman–Crippen LogP) is 3.59. The second-order valence-electron chi connectivity index (χ2n) is 6.14. The predicted molar refractivity (Wildman–Crippen MR) is 107 cm³/mol. The van der Waals surface area contributed by atoms with E-state index in [-0.39, 0.29) is 11.0 Å². The van der Waals surface area contributed by atoms with Crippen LogP contribution in [0.1, 0.15) is 22.3 Å². The Labute approximate surface area is 155 Å². The van der Waals surface area contributed by atoms with Crippen molar-refractivity contribution in [3.05, 3.63) is 58.7 Å². The Hall–Kier alpha value is -2.93. The van der Waals surface area contributed by atoms with E-state index in [4.69, 9.17) is 18.0 Å². The molecule has 0 bridgehead atoms. The fourth-order valence-electron chi connectivity index (χ4n) is 3.06. The maximum atomic E-state index is 13.2. The van der Waals surface area contributed by atoms with E-state index in [9.17, 15) is 9.50 Å². The van der Waals surface area contributed by atoms with Crippen LogP contribution in [0.25, 0.3) is 16.6 Å². The minimum Gasteiger partial charge on any atom is -0.494 e. The summed E-state index contributed by atoms with van der Waals surface area (Å²) in [6.07, 6.45) is 1.45. The van der Waals surface area contributed by atoms with E-state index in [1.54, 1.807) is 22.8 Å². The van der Waals surface area contributed by atoms with Crippen molar-refractivity contribution in [1.82, 2.24) is 9.99 Å². The number of nitrogens with two attached hydrogens (primary N) is 1. The minimum absolute atomic E-state index is 0.00879. The van der Waals surface area contributed by atoms with Crippen molar-refractivity contribution in [3.63, 3.8) is 0 Å². The first kappa shape index (κ1) is 17.9. The highest BCUT2D eigenvalue weighted by Gasteiger charge is 2.17. The van der Waals surface area contributed by atoms with Crippen molar-refractivity contribution < 1.29 is 9.50 Å². The lowest BCUT2D eigenvalue weighted by Crippen LogP contribution is -2.23. The molecule has 7 heteroatoms. The van der Waals surface area contributed by atoms with Crippen molar-refractivity contribution in [1.29, 1.82) is 0 Å². The molecule has 0 saturated heterocycles. The number of rotatable bonds is 4. The van der Waals surface area contributed by atoms with Crippen LogP contribution in [0, 0.1) is 13.8 Å². The third-order valence-corrected chi connectivity index (χ3v) is 4.12. The normalized spacial score (nSPS) is 11.3. The number of nitrogens with one attached hydrogen (secondary N) is 1. The number of nitrogens with zero attached hydrogens (tertiary/aromatic N) is 2. The summed E-state index contributed by atoms with van der Waals surface area (Å²) >= 11 is 4.73. The van der Waals surface area contributed by atoms with Crippen LogP contribution in [-0.4, -0.2) is 21.0 Å². The van der Waals surface area contributed by atoms with Crippen molar-refractivity contribution >= 4 is 34.4 Å². The number of thiocarbonyl (C=S) groups is 1. The first-order chi connectivity index (χ1) is 12.4. The summed E-state index contributed by atoms with van der Waals surface area (Å²) in [4.78, 5) is 0. The molecule has 3 rings (SSSR count). The Morgan fingerprint density at radius 3 is 2.58 bits per heavy atom. The van der Waals surface area contributed by atoms with Gasteiger partial charge in [-0.2, -0.15) is 5.10 Å². The van der Waals surface area contributed by atoms with Crippen LogP contribution in [0.15, 0.2) is 41.5 Å². The molecule has 0 saturated carbocycles. The first-order valence-electron chi connectivity index (χ1n) is 8.00. The monoisotopic (exact) mass is 370 g/mol.